The Morgan fingerprint density at radius 3 is 2.54 bits per heavy atom. The fraction of sp³-hybridized carbons (Fsp3) is 0.684. The summed E-state index contributed by atoms with van der Waals surface area (Å²) in [6.07, 6.45) is 1.13. The normalized spacial score (nSPS) is 23.1. The van der Waals surface area contributed by atoms with E-state index >= 15 is 0 Å². The third kappa shape index (κ3) is 3.96. The Hall–Kier alpha value is -0.620. The van der Waals surface area contributed by atoms with E-state index in [2.05, 4.69) is 58.6 Å². The molecule has 0 aromatic heterocycles. The lowest BCUT2D eigenvalue weighted by Gasteiger charge is -2.43. The van der Waals surface area contributed by atoms with Gasteiger partial charge in [-0.2, -0.15) is 0 Å². The molecule has 1 saturated heterocycles. The minimum Gasteiger partial charge on any atom is -0.496 e. The van der Waals surface area contributed by atoms with E-state index in [1.54, 1.807) is 7.11 Å². The predicted molar refractivity (Wildman–Crippen MR) is 101 cm³/mol. The fourth-order valence-electron chi connectivity index (χ4n) is 3.67. The van der Waals surface area contributed by atoms with Gasteiger partial charge in [-0.1, -0.05) is 0 Å². The van der Waals surface area contributed by atoms with E-state index in [0.717, 1.165) is 56.0 Å². The highest BCUT2D eigenvalue weighted by Gasteiger charge is 2.29. The second-order valence-corrected chi connectivity index (χ2v) is 8.61. The molecule has 0 amide bonds. The fourth-order valence-corrected chi connectivity index (χ4v) is 4.22. The molecule has 2 heterocycles. The minimum atomic E-state index is 0.150. The van der Waals surface area contributed by atoms with Crippen LogP contribution in [0.15, 0.2) is 16.6 Å². The van der Waals surface area contributed by atoms with Gasteiger partial charge < -0.3 is 9.47 Å². The lowest BCUT2D eigenvalue weighted by molar-refractivity contribution is -0.00591. The molecule has 1 aromatic carbocycles. The Morgan fingerprint density at radius 2 is 1.92 bits per heavy atom. The average Bonchev–Trinajstić information content (AvgIpc) is 2.54. The Bertz CT molecular complexity index is 577. The van der Waals surface area contributed by atoms with Gasteiger partial charge in [0.2, 0.25) is 0 Å². The Labute approximate surface area is 154 Å². The van der Waals surface area contributed by atoms with Crippen LogP contribution in [0.3, 0.4) is 0 Å². The van der Waals surface area contributed by atoms with Crippen LogP contribution in [0.2, 0.25) is 0 Å². The van der Waals surface area contributed by atoms with Gasteiger partial charge in [-0.3, -0.25) is 9.80 Å². The lowest BCUT2D eigenvalue weighted by atomic mass is 9.96. The van der Waals surface area contributed by atoms with E-state index in [-0.39, 0.29) is 11.6 Å². The van der Waals surface area contributed by atoms with Crippen LogP contribution in [0, 0.1) is 0 Å². The summed E-state index contributed by atoms with van der Waals surface area (Å²) in [5.74, 6) is 0.891. The monoisotopic (exact) mass is 396 g/mol. The molecular formula is C19H29BrN2O2. The van der Waals surface area contributed by atoms with Crippen LogP contribution in [0.5, 0.6) is 5.75 Å². The van der Waals surface area contributed by atoms with Gasteiger partial charge in [0.05, 0.1) is 24.3 Å². The SMILES string of the molecule is COc1cc2c(cc1Br)CCOC2CN1CCN(C(C)(C)C)CC1. The molecule has 0 N–H and O–H groups in total. The van der Waals surface area contributed by atoms with E-state index in [1.807, 2.05) is 0 Å². The summed E-state index contributed by atoms with van der Waals surface area (Å²) in [5.41, 5.74) is 2.94. The smallest absolute Gasteiger partial charge is 0.133 e. The van der Waals surface area contributed by atoms with Crippen LogP contribution >= 0.6 is 15.9 Å². The van der Waals surface area contributed by atoms with Crippen LogP contribution in [-0.2, 0) is 11.2 Å². The quantitative estimate of drug-likeness (QED) is 0.780. The van der Waals surface area contributed by atoms with Gasteiger partial charge in [0.25, 0.3) is 0 Å². The highest BCUT2D eigenvalue weighted by atomic mass is 79.9. The zero-order chi connectivity index (χ0) is 17.3. The molecule has 0 spiro atoms. The van der Waals surface area contributed by atoms with Crippen molar-refractivity contribution in [3.05, 3.63) is 27.7 Å². The summed E-state index contributed by atoms with van der Waals surface area (Å²) in [7, 11) is 1.72. The average molecular weight is 397 g/mol. The molecule has 2 aliphatic heterocycles. The third-order valence-electron chi connectivity index (χ3n) is 5.20. The number of rotatable bonds is 3. The molecule has 0 saturated carbocycles. The van der Waals surface area contributed by atoms with Gasteiger partial charge in [0, 0.05) is 38.3 Å². The molecule has 0 radical (unpaired) electrons. The predicted octanol–water partition coefficient (Wildman–Crippen LogP) is 3.49. The van der Waals surface area contributed by atoms with Crippen molar-refractivity contribution >= 4 is 15.9 Å². The van der Waals surface area contributed by atoms with Crippen molar-refractivity contribution in [1.29, 1.82) is 0 Å². The van der Waals surface area contributed by atoms with Gasteiger partial charge in [-0.15, -0.1) is 0 Å². The van der Waals surface area contributed by atoms with Gasteiger partial charge in [0.15, 0.2) is 0 Å². The van der Waals surface area contributed by atoms with Crippen LogP contribution in [0.25, 0.3) is 0 Å². The third-order valence-corrected chi connectivity index (χ3v) is 5.82. The first kappa shape index (κ1) is 18.2. The van der Waals surface area contributed by atoms with Crippen molar-refractivity contribution in [1.82, 2.24) is 9.80 Å². The lowest BCUT2D eigenvalue weighted by Crippen LogP contribution is -2.54. The number of fused-ring (bicyclic) bond motifs is 1. The van der Waals surface area contributed by atoms with Crippen molar-refractivity contribution in [3.8, 4) is 5.75 Å². The zero-order valence-corrected chi connectivity index (χ0v) is 16.9. The summed E-state index contributed by atoms with van der Waals surface area (Å²) >= 11 is 3.60. The Balaban J connectivity index is 1.68. The molecule has 24 heavy (non-hydrogen) atoms. The van der Waals surface area contributed by atoms with Gasteiger partial charge in [-0.05, 0) is 66.4 Å². The standard InChI is InChI=1S/C19H29BrN2O2/c1-19(2,3)22-8-6-21(7-9-22)13-18-15-12-17(23-4)16(20)11-14(15)5-10-24-18/h11-12,18H,5-10,13H2,1-4H3. The van der Waals surface area contributed by atoms with Gasteiger partial charge in [-0.25, -0.2) is 0 Å². The Morgan fingerprint density at radius 1 is 1.21 bits per heavy atom. The number of piperazine rings is 1. The summed E-state index contributed by atoms with van der Waals surface area (Å²) in [4.78, 5) is 5.11. The highest BCUT2D eigenvalue weighted by Crippen LogP contribution is 2.36. The van der Waals surface area contributed by atoms with Crippen LogP contribution in [-0.4, -0.2) is 61.8 Å². The molecule has 2 aliphatic rings. The Kier molecular flexibility index (Phi) is 5.55. The molecule has 3 rings (SSSR count). The number of benzene rings is 1. The number of methoxy groups -OCH3 is 1. The molecular weight excluding hydrogens is 368 g/mol. The maximum atomic E-state index is 6.11. The molecule has 1 aromatic rings. The topological polar surface area (TPSA) is 24.9 Å². The molecule has 5 heteroatoms. The number of hydrogen-bond donors (Lipinski definition) is 0. The highest BCUT2D eigenvalue weighted by molar-refractivity contribution is 9.10. The molecule has 4 nitrogen and oxygen atoms in total. The van der Waals surface area contributed by atoms with E-state index in [4.69, 9.17) is 9.47 Å². The van der Waals surface area contributed by atoms with Crippen molar-refractivity contribution in [3.63, 3.8) is 0 Å². The number of halogens is 1. The van der Waals surface area contributed by atoms with Crippen molar-refractivity contribution in [2.75, 3.05) is 46.4 Å². The van der Waals surface area contributed by atoms with Gasteiger partial charge in [0.1, 0.15) is 5.75 Å². The van der Waals surface area contributed by atoms with Gasteiger partial charge >= 0.3 is 0 Å². The largest absolute Gasteiger partial charge is 0.496 e. The number of nitrogens with zero attached hydrogens (tertiary/aromatic N) is 2. The minimum absolute atomic E-state index is 0.150. The maximum absolute atomic E-state index is 6.11. The van der Waals surface area contributed by atoms with Crippen LogP contribution in [0.1, 0.15) is 38.0 Å². The second kappa shape index (κ2) is 7.32. The first-order valence-corrected chi connectivity index (χ1v) is 9.63. The van der Waals surface area contributed by atoms with Crippen molar-refractivity contribution in [2.45, 2.75) is 38.8 Å². The zero-order valence-electron chi connectivity index (χ0n) is 15.3. The van der Waals surface area contributed by atoms with Crippen LogP contribution in [0.4, 0.5) is 0 Å². The molecule has 1 unspecified atom stereocenters. The second-order valence-electron chi connectivity index (χ2n) is 7.75. The molecule has 134 valence electrons. The number of ether oxygens (including phenoxy) is 2. The van der Waals surface area contributed by atoms with E-state index in [9.17, 15) is 0 Å². The molecule has 1 fully saturated rings. The summed E-state index contributed by atoms with van der Waals surface area (Å²) in [5, 5.41) is 0. The summed E-state index contributed by atoms with van der Waals surface area (Å²) in [6.45, 7) is 13.2. The van der Waals surface area contributed by atoms with Crippen molar-refractivity contribution in [2.24, 2.45) is 0 Å². The summed E-state index contributed by atoms with van der Waals surface area (Å²) in [6, 6.07) is 4.34. The maximum Gasteiger partial charge on any atom is 0.133 e. The molecule has 0 bridgehead atoms. The number of hydrogen-bond acceptors (Lipinski definition) is 4. The van der Waals surface area contributed by atoms with E-state index in [0.29, 0.717) is 0 Å². The van der Waals surface area contributed by atoms with Crippen molar-refractivity contribution < 1.29 is 9.47 Å². The first-order chi connectivity index (χ1) is 11.4. The van der Waals surface area contributed by atoms with Crippen LogP contribution < -0.4 is 4.74 Å². The molecule has 0 aliphatic carbocycles. The summed E-state index contributed by atoms with van der Waals surface area (Å²) < 4.78 is 12.6. The first-order valence-electron chi connectivity index (χ1n) is 8.84. The van der Waals surface area contributed by atoms with E-state index in [1.165, 1.54) is 11.1 Å². The molecule has 1 atom stereocenters. The van der Waals surface area contributed by atoms with E-state index < -0.39 is 0 Å².